The van der Waals surface area contributed by atoms with E-state index in [9.17, 15) is 35.1 Å². The van der Waals surface area contributed by atoms with Crippen LogP contribution in [0.15, 0.2) is 36.5 Å². The maximum Gasteiger partial charge on any atom is 0.305 e. The molecule has 1 saturated heterocycles. The van der Waals surface area contributed by atoms with E-state index in [4.69, 9.17) is 14.2 Å². The van der Waals surface area contributed by atoms with Crippen molar-refractivity contribution < 1.29 is 49.3 Å². The molecule has 0 radical (unpaired) electrons. The van der Waals surface area contributed by atoms with E-state index in [-0.39, 0.29) is 18.5 Å². The van der Waals surface area contributed by atoms with Gasteiger partial charge in [-0.1, -0.05) is 287 Å². The molecule has 78 heavy (non-hydrogen) atoms. The maximum atomic E-state index is 13.0. The van der Waals surface area contributed by atoms with E-state index < -0.39 is 49.5 Å². The molecular weight excluding hydrogens is 979 g/mol. The Morgan fingerprint density at radius 1 is 0.487 bits per heavy atom. The highest BCUT2D eigenvalue weighted by molar-refractivity contribution is 5.76. The lowest BCUT2D eigenvalue weighted by Crippen LogP contribution is -2.60. The first kappa shape index (κ1) is 73.9. The van der Waals surface area contributed by atoms with Crippen LogP contribution in [0.5, 0.6) is 0 Å². The number of hydrogen-bond acceptors (Lipinski definition) is 10. The van der Waals surface area contributed by atoms with Crippen LogP contribution in [-0.4, -0.2) is 100 Å². The van der Waals surface area contributed by atoms with Gasteiger partial charge in [0.05, 0.1) is 32.0 Å². The van der Waals surface area contributed by atoms with Crippen molar-refractivity contribution in [1.29, 1.82) is 0 Å². The number of esters is 1. The van der Waals surface area contributed by atoms with Crippen molar-refractivity contribution in [3.05, 3.63) is 36.5 Å². The molecule has 1 amide bonds. The number of rotatable bonds is 58. The zero-order chi connectivity index (χ0) is 56.6. The quantitative estimate of drug-likeness (QED) is 0.0195. The standard InChI is InChI=1S/C67H125NO10/c1-3-5-7-9-11-13-34-39-43-47-51-55-63(72)76-56-52-48-44-40-36-33-31-29-27-25-23-21-19-17-15-14-16-18-20-22-24-26-28-30-32-35-38-42-46-50-54-62(71)68-59(60(70)53-49-45-41-37-12-10-8-6-4-2)58-77-67-66(75)65(74)64(73)61(57-69)78-67/h4,6,12,37,49,53,59-61,64-67,69-70,73-75H,3,5,7-11,13-36,38-48,50-52,54-58H2,1-2H3,(H,68,71)/b6-4+,37-12+,53-49+. The molecule has 458 valence electrons. The molecule has 7 atom stereocenters. The fourth-order valence-corrected chi connectivity index (χ4v) is 10.6. The monoisotopic (exact) mass is 1100 g/mol. The van der Waals surface area contributed by atoms with Crippen LogP contribution in [0.2, 0.25) is 0 Å². The van der Waals surface area contributed by atoms with Gasteiger partial charge in [0.25, 0.3) is 0 Å². The maximum absolute atomic E-state index is 13.0. The summed E-state index contributed by atoms with van der Waals surface area (Å²) in [5.74, 6) is -0.184. The van der Waals surface area contributed by atoms with Crippen molar-refractivity contribution >= 4 is 11.9 Å². The number of unbranched alkanes of at least 4 members (excludes halogenated alkanes) is 41. The van der Waals surface area contributed by atoms with Gasteiger partial charge in [0.15, 0.2) is 6.29 Å². The summed E-state index contributed by atoms with van der Waals surface area (Å²) in [5.41, 5.74) is 0. The Hall–Kier alpha value is -2.12. The molecule has 0 spiro atoms. The molecular formula is C67H125NO10. The zero-order valence-electron chi connectivity index (χ0n) is 50.6. The van der Waals surface area contributed by atoms with Gasteiger partial charge >= 0.3 is 5.97 Å². The summed E-state index contributed by atoms with van der Waals surface area (Å²) in [6.07, 6.45) is 61.7. The summed E-state index contributed by atoms with van der Waals surface area (Å²) in [5, 5.41) is 54.2. The molecule has 11 nitrogen and oxygen atoms in total. The van der Waals surface area contributed by atoms with E-state index in [1.54, 1.807) is 6.08 Å². The number of carbonyl (C=O) groups is 2. The first-order valence-electron chi connectivity index (χ1n) is 33.2. The summed E-state index contributed by atoms with van der Waals surface area (Å²) < 4.78 is 16.7. The Morgan fingerprint density at radius 2 is 0.859 bits per heavy atom. The van der Waals surface area contributed by atoms with Crippen molar-refractivity contribution in [3.8, 4) is 0 Å². The minimum absolute atomic E-state index is 0.0110. The van der Waals surface area contributed by atoms with Gasteiger partial charge in [0.1, 0.15) is 24.4 Å². The third-order valence-electron chi connectivity index (χ3n) is 15.8. The predicted molar refractivity (Wildman–Crippen MR) is 324 cm³/mol. The molecule has 0 aromatic heterocycles. The molecule has 7 unspecified atom stereocenters. The van der Waals surface area contributed by atoms with Gasteiger partial charge in [-0.25, -0.2) is 0 Å². The average molecular weight is 1100 g/mol. The average Bonchev–Trinajstić information content (AvgIpc) is 3.45. The second kappa shape index (κ2) is 56.7. The normalized spacial score (nSPS) is 18.7. The second-order valence-corrected chi connectivity index (χ2v) is 23.2. The van der Waals surface area contributed by atoms with E-state index in [2.05, 4.69) is 30.5 Å². The number of ether oxygens (including phenoxy) is 3. The predicted octanol–water partition coefficient (Wildman–Crippen LogP) is 16.2. The van der Waals surface area contributed by atoms with Gasteiger partial charge < -0.3 is 45.1 Å². The Kier molecular flexibility index (Phi) is 53.7. The molecule has 11 heteroatoms. The van der Waals surface area contributed by atoms with Gasteiger partial charge in [0.2, 0.25) is 5.91 Å². The second-order valence-electron chi connectivity index (χ2n) is 23.2. The smallest absolute Gasteiger partial charge is 0.305 e. The molecule has 1 fully saturated rings. The van der Waals surface area contributed by atoms with E-state index in [1.807, 2.05) is 19.1 Å². The summed E-state index contributed by atoms with van der Waals surface area (Å²) in [6, 6.07) is -0.830. The molecule has 0 saturated carbocycles. The Balaban J connectivity index is 1.92. The molecule has 1 aliphatic rings. The highest BCUT2D eigenvalue weighted by atomic mass is 16.7. The van der Waals surface area contributed by atoms with E-state index in [0.717, 1.165) is 57.8 Å². The van der Waals surface area contributed by atoms with Crippen LogP contribution in [0.3, 0.4) is 0 Å². The van der Waals surface area contributed by atoms with E-state index >= 15 is 0 Å². The fraction of sp³-hybridized carbons (Fsp3) is 0.881. The Labute approximate surface area is 479 Å². The van der Waals surface area contributed by atoms with Crippen LogP contribution in [0.4, 0.5) is 0 Å². The van der Waals surface area contributed by atoms with Gasteiger partial charge in [-0.05, 0) is 51.9 Å². The minimum atomic E-state index is -1.58. The van der Waals surface area contributed by atoms with E-state index in [0.29, 0.717) is 19.4 Å². The van der Waals surface area contributed by atoms with Crippen LogP contribution in [0.25, 0.3) is 0 Å². The number of aliphatic hydroxyl groups excluding tert-OH is 5. The molecule has 6 N–H and O–H groups in total. The molecule has 0 aromatic carbocycles. The molecule has 1 heterocycles. The van der Waals surface area contributed by atoms with Gasteiger partial charge in [-0.15, -0.1) is 0 Å². The minimum Gasteiger partial charge on any atom is -0.466 e. The number of carbonyl (C=O) groups excluding carboxylic acids is 2. The van der Waals surface area contributed by atoms with Crippen LogP contribution >= 0.6 is 0 Å². The molecule has 0 bridgehead atoms. The zero-order valence-corrected chi connectivity index (χ0v) is 50.6. The van der Waals surface area contributed by atoms with Crippen molar-refractivity contribution in [2.75, 3.05) is 19.8 Å². The van der Waals surface area contributed by atoms with Crippen molar-refractivity contribution in [2.45, 2.75) is 358 Å². The third kappa shape index (κ3) is 45.5. The largest absolute Gasteiger partial charge is 0.466 e. The lowest BCUT2D eigenvalue weighted by atomic mass is 9.99. The summed E-state index contributed by atoms with van der Waals surface area (Å²) in [4.78, 5) is 25.0. The Bertz CT molecular complexity index is 1390. The van der Waals surface area contributed by atoms with Crippen LogP contribution < -0.4 is 5.32 Å². The first-order chi connectivity index (χ1) is 38.2. The van der Waals surface area contributed by atoms with Crippen molar-refractivity contribution in [3.63, 3.8) is 0 Å². The molecule has 0 aliphatic carbocycles. The Morgan fingerprint density at radius 3 is 1.27 bits per heavy atom. The summed E-state index contributed by atoms with van der Waals surface area (Å²) >= 11 is 0. The van der Waals surface area contributed by atoms with Crippen LogP contribution in [0, 0.1) is 0 Å². The van der Waals surface area contributed by atoms with Gasteiger partial charge in [0, 0.05) is 12.8 Å². The highest BCUT2D eigenvalue weighted by Gasteiger charge is 2.44. The fourth-order valence-electron chi connectivity index (χ4n) is 10.6. The first-order valence-corrected chi connectivity index (χ1v) is 33.2. The molecule has 1 aliphatic heterocycles. The lowest BCUT2D eigenvalue weighted by molar-refractivity contribution is -0.302. The highest BCUT2D eigenvalue weighted by Crippen LogP contribution is 2.23. The number of aliphatic hydroxyl groups is 5. The summed E-state index contributed by atoms with van der Waals surface area (Å²) in [6.45, 7) is 4.11. The number of nitrogens with one attached hydrogen (secondary N) is 1. The number of amides is 1. The number of allylic oxidation sites excluding steroid dienone is 5. The number of hydrogen-bond donors (Lipinski definition) is 6. The SMILES string of the molecule is C/C=C/CC/C=C/CC/C=C/C(O)C(COC1OC(CO)C(O)C(O)C1O)NC(=O)CCCCCCCCCCCCCCCCCCCCCCCCCCCCCCCCOC(=O)CCCCCCCCCCCCC. The van der Waals surface area contributed by atoms with Gasteiger partial charge in [-0.2, -0.15) is 0 Å². The summed E-state index contributed by atoms with van der Waals surface area (Å²) in [7, 11) is 0. The van der Waals surface area contributed by atoms with Crippen molar-refractivity contribution in [2.24, 2.45) is 0 Å². The van der Waals surface area contributed by atoms with Crippen LogP contribution in [-0.2, 0) is 23.8 Å². The lowest BCUT2D eigenvalue weighted by Gasteiger charge is -2.40. The van der Waals surface area contributed by atoms with E-state index in [1.165, 1.54) is 231 Å². The van der Waals surface area contributed by atoms with Crippen molar-refractivity contribution in [1.82, 2.24) is 5.32 Å². The molecule has 1 rings (SSSR count). The topological polar surface area (TPSA) is 175 Å². The third-order valence-corrected chi connectivity index (χ3v) is 15.8. The van der Waals surface area contributed by atoms with Crippen LogP contribution in [0.1, 0.15) is 316 Å². The van der Waals surface area contributed by atoms with Gasteiger partial charge in [-0.3, -0.25) is 9.59 Å². The molecule has 0 aromatic rings.